The maximum atomic E-state index is 15.0. The SMILES string of the molecule is C[C@H]1SC(N)=N[C@](C)(c2cc(NC(=O)c3cc4c(cn3)OCCO4)ccc2F)[C@H]1F. The van der Waals surface area contributed by atoms with E-state index in [0.717, 1.165) is 17.8 Å². The molecule has 3 heterocycles. The fourth-order valence-electron chi connectivity index (χ4n) is 3.49. The summed E-state index contributed by atoms with van der Waals surface area (Å²) < 4.78 is 40.5. The summed E-state index contributed by atoms with van der Waals surface area (Å²) in [5.74, 6) is -0.274. The molecule has 30 heavy (non-hydrogen) atoms. The Kier molecular flexibility index (Phi) is 5.27. The van der Waals surface area contributed by atoms with E-state index in [0.29, 0.717) is 24.7 Å². The first-order chi connectivity index (χ1) is 14.3. The highest BCUT2D eigenvalue weighted by Crippen LogP contribution is 2.42. The Morgan fingerprint density at radius 3 is 2.80 bits per heavy atom. The molecule has 2 aliphatic heterocycles. The lowest BCUT2D eigenvalue weighted by atomic mass is 9.85. The van der Waals surface area contributed by atoms with E-state index < -0.39 is 28.7 Å². The van der Waals surface area contributed by atoms with Gasteiger partial charge in [-0.1, -0.05) is 11.8 Å². The van der Waals surface area contributed by atoms with E-state index in [-0.39, 0.29) is 22.1 Å². The Labute approximate surface area is 176 Å². The molecule has 0 bridgehead atoms. The third kappa shape index (κ3) is 3.67. The predicted molar refractivity (Wildman–Crippen MR) is 111 cm³/mol. The molecule has 3 atom stereocenters. The van der Waals surface area contributed by atoms with Crippen LogP contribution in [0, 0.1) is 5.82 Å². The predicted octanol–water partition coefficient (Wildman–Crippen LogP) is 3.25. The van der Waals surface area contributed by atoms with Gasteiger partial charge in [0.05, 0.1) is 6.20 Å². The molecular weight excluding hydrogens is 414 g/mol. The third-order valence-electron chi connectivity index (χ3n) is 5.03. The number of ether oxygens (including phenoxy) is 2. The maximum absolute atomic E-state index is 15.0. The summed E-state index contributed by atoms with van der Waals surface area (Å²) in [6.07, 6.45) is -0.0537. The van der Waals surface area contributed by atoms with Gasteiger partial charge in [0.15, 0.2) is 16.7 Å². The van der Waals surface area contributed by atoms with Crippen LogP contribution in [0.4, 0.5) is 14.5 Å². The lowest BCUT2D eigenvalue weighted by molar-refractivity contribution is 0.102. The first-order valence-electron chi connectivity index (χ1n) is 9.31. The number of aliphatic imine (C=N–C) groups is 1. The van der Waals surface area contributed by atoms with E-state index in [1.54, 1.807) is 6.92 Å². The van der Waals surface area contributed by atoms with Gasteiger partial charge in [0, 0.05) is 22.6 Å². The van der Waals surface area contributed by atoms with E-state index in [4.69, 9.17) is 15.2 Å². The number of nitrogens with zero attached hydrogens (tertiary/aromatic N) is 2. The van der Waals surface area contributed by atoms with Crippen molar-refractivity contribution in [2.45, 2.75) is 30.8 Å². The van der Waals surface area contributed by atoms with Crippen molar-refractivity contribution < 1.29 is 23.0 Å². The van der Waals surface area contributed by atoms with Crippen molar-refractivity contribution in [3.8, 4) is 11.5 Å². The van der Waals surface area contributed by atoms with Crippen molar-refractivity contribution in [2.24, 2.45) is 10.7 Å². The normalized spacial score (nSPS) is 25.4. The number of fused-ring (bicyclic) bond motifs is 1. The number of carbonyl (C=O) groups is 1. The third-order valence-corrected chi connectivity index (χ3v) is 5.97. The highest BCUT2D eigenvalue weighted by Gasteiger charge is 2.45. The molecule has 158 valence electrons. The number of aromatic nitrogens is 1. The van der Waals surface area contributed by atoms with Crippen LogP contribution in [0.25, 0.3) is 0 Å². The number of alkyl halides is 1. The van der Waals surface area contributed by atoms with Crippen LogP contribution in [-0.4, -0.2) is 40.7 Å². The molecule has 10 heteroatoms. The number of hydrogen-bond donors (Lipinski definition) is 2. The zero-order chi connectivity index (χ0) is 21.5. The fraction of sp³-hybridized carbons (Fsp3) is 0.350. The number of pyridine rings is 1. The number of anilines is 1. The number of thioether (sulfide) groups is 1. The number of carbonyl (C=O) groups excluding carboxylic acids is 1. The van der Waals surface area contributed by atoms with Gasteiger partial charge in [-0.2, -0.15) is 0 Å². The molecule has 0 fully saturated rings. The number of nitrogens with two attached hydrogens (primary N) is 1. The number of benzene rings is 1. The Bertz CT molecular complexity index is 1040. The van der Waals surface area contributed by atoms with Crippen LogP contribution >= 0.6 is 11.8 Å². The molecule has 2 aliphatic rings. The van der Waals surface area contributed by atoms with Crippen LogP contribution in [0.15, 0.2) is 35.5 Å². The van der Waals surface area contributed by atoms with Gasteiger partial charge in [0.2, 0.25) is 0 Å². The molecule has 0 radical (unpaired) electrons. The van der Waals surface area contributed by atoms with Gasteiger partial charge in [0.25, 0.3) is 5.91 Å². The smallest absolute Gasteiger partial charge is 0.274 e. The van der Waals surface area contributed by atoms with E-state index >= 15 is 4.39 Å². The summed E-state index contributed by atoms with van der Waals surface area (Å²) in [6.45, 7) is 3.96. The van der Waals surface area contributed by atoms with Gasteiger partial charge < -0.3 is 20.5 Å². The van der Waals surface area contributed by atoms with Gasteiger partial charge >= 0.3 is 0 Å². The summed E-state index contributed by atoms with van der Waals surface area (Å²) in [5.41, 5.74) is 4.71. The Hall–Kier alpha value is -2.88. The first kappa shape index (κ1) is 20.4. The van der Waals surface area contributed by atoms with Gasteiger partial charge in [-0.3, -0.25) is 4.79 Å². The molecule has 0 saturated carbocycles. The van der Waals surface area contributed by atoms with Crippen LogP contribution in [0.1, 0.15) is 29.9 Å². The van der Waals surface area contributed by atoms with Crippen LogP contribution in [-0.2, 0) is 5.54 Å². The van der Waals surface area contributed by atoms with Gasteiger partial charge in [0.1, 0.15) is 36.4 Å². The molecule has 0 aliphatic carbocycles. The lowest BCUT2D eigenvalue weighted by Gasteiger charge is -2.37. The molecule has 0 spiro atoms. The lowest BCUT2D eigenvalue weighted by Crippen LogP contribution is -2.44. The number of nitrogens with one attached hydrogen (secondary N) is 1. The average Bonchev–Trinajstić information content (AvgIpc) is 2.72. The highest BCUT2D eigenvalue weighted by atomic mass is 32.2. The summed E-state index contributed by atoms with van der Waals surface area (Å²) in [6, 6.07) is 5.40. The van der Waals surface area contributed by atoms with Crippen LogP contribution in [0.5, 0.6) is 11.5 Å². The molecule has 1 aromatic carbocycles. The molecule has 1 amide bonds. The Morgan fingerprint density at radius 2 is 2.03 bits per heavy atom. The molecule has 1 aromatic heterocycles. The van der Waals surface area contributed by atoms with E-state index in [1.165, 1.54) is 31.3 Å². The minimum atomic E-state index is -1.51. The number of hydrogen-bond acceptors (Lipinski definition) is 7. The molecular formula is C20H20F2N4O3S. The number of amidine groups is 1. The zero-order valence-electron chi connectivity index (χ0n) is 16.3. The second-order valence-electron chi connectivity index (χ2n) is 7.18. The molecule has 0 unspecified atom stereocenters. The molecule has 3 N–H and O–H groups in total. The van der Waals surface area contributed by atoms with E-state index in [9.17, 15) is 9.18 Å². The van der Waals surface area contributed by atoms with Gasteiger partial charge in [-0.05, 0) is 32.0 Å². The van der Waals surface area contributed by atoms with Crippen molar-refractivity contribution in [3.05, 3.63) is 47.5 Å². The van der Waals surface area contributed by atoms with Crippen molar-refractivity contribution in [1.82, 2.24) is 4.98 Å². The Balaban J connectivity index is 1.62. The number of halogens is 2. The average molecular weight is 434 g/mol. The second kappa shape index (κ2) is 7.75. The van der Waals surface area contributed by atoms with Gasteiger partial charge in [-0.25, -0.2) is 18.8 Å². The summed E-state index contributed by atoms with van der Waals surface area (Å²) >= 11 is 1.11. The zero-order valence-corrected chi connectivity index (χ0v) is 17.1. The minimum absolute atomic E-state index is 0.0121. The number of rotatable bonds is 3. The molecule has 4 rings (SSSR count). The standard InChI is InChI=1S/C20H20F2N4O3S/c1-10-17(22)20(2,26-19(23)30-10)12-7-11(3-4-13(12)21)25-18(27)14-8-15-16(9-24-14)29-6-5-28-15/h3-4,7-10,17H,5-6H2,1-2H3,(H2,23,26)(H,25,27)/t10-,17+,20-/m1/s1. The number of amides is 1. The molecule has 7 nitrogen and oxygen atoms in total. The van der Waals surface area contributed by atoms with Crippen LogP contribution in [0.2, 0.25) is 0 Å². The monoisotopic (exact) mass is 434 g/mol. The topological polar surface area (TPSA) is 98.8 Å². The Morgan fingerprint density at radius 1 is 1.30 bits per heavy atom. The van der Waals surface area contributed by atoms with Crippen molar-refractivity contribution in [2.75, 3.05) is 18.5 Å². The fourth-order valence-corrected chi connectivity index (χ4v) is 4.50. The maximum Gasteiger partial charge on any atom is 0.274 e. The van der Waals surface area contributed by atoms with Crippen LogP contribution < -0.4 is 20.5 Å². The summed E-state index contributed by atoms with van der Waals surface area (Å²) in [4.78, 5) is 20.9. The van der Waals surface area contributed by atoms with Crippen molar-refractivity contribution in [1.29, 1.82) is 0 Å². The van der Waals surface area contributed by atoms with Gasteiger partial charge in [-0.15, -0.1) is 0 Å². The highest BCUT2D eigenvalue weighted by molar-refractivity contribution is 8.14. The van der Waals surface area contributed by atoms with E-state index in [1.807, 2.05) is 0 Å². The molecule has 2 aromatic rings. The quantitative estimate of drug-likeness (QED) is 0.770. The largest absolute Gasteiger partial charge is 0.486 e. The second-order valence-corrected chi connectivity index (χ2v) is 8.58. The van der Waals surface area contributed by atoms with E-state index in [2.05, 4.69) is 15.3 Å². The van der Waals surface area contributed by atoms with Crippen molar-refractivity contribution >= 4 is 28.5 Å². The first-order valence-corrected chi connectivity index (χ1v) is 10.2. The summed E-state index contributed by atoms with van der Waals surface area (Å²) in [7, 11) is 0. The molecule has 0 saturated heterocycles. The summed E-state index contributed by atoms with van der Waals surface area (Å²) in [5, 5.41) is 2.35. The van der Waals surface area contributed by atoms with Crippen molar-refractivity contribution in [3.63, 3.8) is 0 Å². The van der Waals surface area contributed by atoms with Crippen LogP contribution in [0.3, 0.4) is 0 Å². The minimum Gasteiger partial charge on any atom is -0.486 e.